The third-order valence-electron chi connectivity index (χ3n) is 3.51. The SMILES string of the molecule is Cn1c(CCc2cc(Cl)ccc2Cl)nc2ccccc21. The fourth-order valence-electron chi connectivity index (χ4n) is 2.40. The first kappa shape index (κ1) is 13.5. The van der Waals surface area contributed by atoms with Crippen LogP contribution in [0.3, 0.4) is 0 Å². The number of imidazole rings is 1. The molecule has 0 fully saturated rings. The van der Waals surface area contributed by atoms with Gasteiger partial charge in [0.1, 0.15) is 5.82 Å². The van der Waals surface area contributed by atoms with Crippen LogP contribution in [-0.4, -0.2) is 9.55 Å². The zero-order chi connectivity index (χ0) is 14.1. The molecule has 3 aromatic rings. The summed E-state index contributed by atoms with van der Waals surface area (Å²) in [6.45, 7) is 0. The van der Waals surface area contributed by atoms with Gasteiger partial charge in [-0.05, 0) is 42.3 Å². The summed E-state index contributed by atoms with van der Waals surface area (Å²) in [6.07, 6.45) is 1.67. The van der Waals surface area contributed by atoms with Crippen molar-refractivity contribution in [3.63, 3.8) is 0 Å². The Morgan fingerprint density at radius 1 is 1.05 bits per heavy atom. The van der Waals surface area contributed by atoms with Crippen molar-refractivity contribution in [3.05, 3.63) is 63.9 Å². The van der Waals surface area contributed by atoms with Gasteiger partial charge in [0.25, 0.3) is 0 Å². The predicted octanol–water partition coefficient (Wildman–Crippen LogP) is 4.67. The van der Waals surface area contributed by atoms with Gasteiger partial charge >= 0.3 is 0 Å². The molecule has 4 heteroatoms. The molecule has 0 saturated carbocycles. The Labute approximate surface area is 128 Å². The van der Waals surface area contributed by atoms with Crippen molar-refractivity contribution in [1.82, 2.24) is 9.55 Å². The lowest BCUT2D eigenvalue weighted by Gasteiger charge is -2.05. The predicted molar refractivity (Wildman–Crippen MR) is 84.6 cm³/mol. The van der Waals surface area contributed by atoms with Crippen molar-refractivity contribution in [1.29, 1.82) is 0 Å². The Kier molecular flexibility index (Phi) is 3.68. The summed E-state index contributed by atoms with van der Waals surface area (Å²) in [5.41, 5.74) is 3.24. The van der Waals surface area contributed by atoms with Gasteiger partial charge in [0, 0.05) is 23.5 Å². The summed E-state index contributed by atoms with van der Waals surface area (Å²) >= 11 is 12.2. The maximum atomic E-state index is 6.20. The molecule has 20 heavy (non-hydrogen) atoms. The number of nitrogens with zero attached hydrogens (tertiary/aromatic N) is 2. The minimum absolute atomic E-state index is 0.717. The van der Waals surface area contributed by atoms with Crippen LogP contribution < -0.4 is 0 Å². The topological polar surface area (TPSA) is 17.8 Å². The van der Waals surface area contributed by atoms with Crippen LogP contribution in [0.5, 0.6) is 0 Å². The highest BCUT2D eigenvalue weighted by atomic mass is 35.5. The number of hydrogen-bond acceptors (Lipinski definition) is 1. The first-order valence-corrected chi connectivity index (χ1v) is 7.25. The zero-order valence-corrected chi connectivity index (χ0v) is 12.6. The van der Waals surface area contributed by atoms with E-state index in [1.807, 2.05) is 43.4 Å². The van der Waals surface area contributed by atoms with Crippen molar-refractivity contribution in [2.24, 2.45) is 7.05 Å². The van der Waals surface area contributed by atoms with E-state index in [9.17, 15) is 0 Å². The molecule has 1 aromatic heterocycles. The molecule has 0 N–H and O–H groups in total. The first-order chi connectivity index (χ1) is 9.65. The lowest BCUT2D eigenvalue weighted by atomic mass is 10.1. The second kappa shape index (κ2) is 5.47. The second-order valence-electron chi connectivity index (χ2n) is 4.81. The standard InChI is InChI=1S/C16H14Cl2N2/c1-20-15-5-3-2-4-14(15)19-16(20)9-6-11-10-12(17)7-8-13(11)18/h2-5,7-8,10H,6,9H2,1H3. The lowest BCUT2D eigenvalue weighted by molar-refractivity contribution is 0.787. The Balaban J connectivity index is 1.87. The smallest absolute Gasteiger partial charge is 0.109 e. The van der Waals surface area contributed by atoms with Crippen LogP contribution >= 0.6 is 23.2 Å². The van der Waals surface area contributed by atoms with Gasteiger partial charge in [-0.1, -0.05) is 35.3 Å². The molecule has 2 aromatic carbocycles. The summed E-state index contributed by atoms with van der Waals surface area (Å²) in [5, 5.41) is 1.47. The summed E-state index contributed by atoms with van der Waals surface area (Å²) < 4.78 is 2.13. The number of fused-ring (bicyclic) bond motifs is 1. The normalized spacial score (nSPS) is 11.2. The van der Waals surface area contributed by atoms with E-state index in [1.165, 1.54) is 0 Å². The fourth-order valence-corrected chi connectivity index (χ4v) is 2.81. The Morgan fingerprint density at radius 2 is 1.85 bits per heavy atom. The Morgan fingerprint density at radius 3 is 2.65 bits per heavy atom. The molecule has 0 aliphatic carbocycles. The number of hydrogen-bond donors (Lipinski definition) is 0. The minimum Gasteiger partial charge on any atom is -0.331 e. The summed E-state index contributed by atoms with van der Waals surface area (Å²) in [5.74, 6) is 1.06. The third kappa shape index (κ3) is 2.54. The number of benzene rings is 2. The molecule has 0 atom stereocenters. The highest BCUT2D eigenvalue weighted by Gasteiger charge is 2.08. The van der Waals surface area contributed by atoms with Crippen molar-refractivity contribution in [3.8, 4) is 0 Å². The van der Waals surface area contributed by atoms with Gasteiger partial charge < -0.3 is 4.57 Å². The van der Waals surface area contributed by atoms with Crippen molar-refractivity contribution in [2.75, 3.05) is 0 Å². The van der Waals surface area contributed by atoms with Crippen molar-refractivity contribution >= 4 is 34.2 Å². The van der Waals surface area contributed by atoms with Crippen LogP contribution in [0.4, 0.5) is 0 Å². The number of aryl methyl sites for hydroxylation is 3. The van der Waals surface area contributed by atoms with E-state index in [0.717, 1.165) is 45.3 Å². The molecule has 0 radical (unpaired) electrons. The van der Waals surface area contributed by atoms with Gasteiger partial charge in [-0.3, -0.25) is 0 Å². The van der Waals surface area contributed by atoms with Crippen molar-refractivity contribution in [2.45, 2.75) is 12.8 Å². The van der Waals surface area contributed by atoms with E-state index >= 15 is 0 Å². The van der Waals surface area contributed by atoms with Crippen LogP contribution in [0.1, 0.15) is 11.4 Å². The largest absolute Gasteiger partial charge is 0.331 e. The third-order valence-corrected chi connectivity index (χ3v) is 4.11. The van der Waals surface area contributed by atoms with E-state index < -0.39 is 0 Å². The maximum Gasteiger partial charge on any atom is 0.109 e. The van der Waals surface area contributed by atoms with E-state index in [0.29, 0.717) is 0 Å². The van der Waals surface area contributed by atoms with E-state index in [2.05, 4.69) is 15.6 Å². The van der Waals surface area contributed by atoms with Crippen LogP contribution in [0, 0.1) is 0 Å². The van der Waals surface area contributed by atoms with Crippen LogP contribution in [0.25, 0.3) is 11.0 Å². The van der Waals surface area contributed by atoms with Crippen LogP contribution in [0.15, 0.2) is 42.5 Å². The first-order valence-electron chi connectivity index (χ1n) is 6.49. The molecule has 0 unspecified atom stereocenters. The fraction of sp³-hybridized carbons (Fsp3) is 0.188. The molecule has 2 nitrogen and oxygen atoms in total. The molecule has 3 rings (SSSR count). The summed E-state index contributed by atoms with van der Waals surface area (Å²) in [4.78, 5) is 4.67. The van der Waals surface area contributed by atoms with Gasteiger partial charge in [-0.25, -0.2) is 4.98 Å². The molecule has 0 bridgehead atoms. The number of rotatable bonds is 3. The Hall–Kier alpha value is -1.51. The van der Waals surface area contributed by atoms with Crippen LogP contribution in [-0.2, 0) is 19.9 Å². The van der Waals surface area contributed by atoms with Crippen molar-refractivity contribution < 1.29 is 0 Å². The van der Waals surface area contributed by atoms with E-state index in [1.54, 1.807) is 0 Å². The van der Waals surface area contributed by atoms with E-state index in [-0.39, 0.29) is 0 Å². The highest BCUT2D eigenvalue weighted by molar-refractivity contribution is 6.33. The van der Waals surface area contributed by atoms with E-state index in [4.69, 9.17) is 23.2 Å². The molecule has 102 valence electrons. The van der Waals surface area contributed by atoms with Gasteiger partial charge in [0.15, 0.2) is 0 Å². The maximum absolute atomic E-state index is 6.20. The molecule has 0 aliphatic heterocycles. The summed E-state index contributed by atoms with van der Waals surface area (Å²) in [6, 6.07) is 13.7. The molecular weight excluding hydrogens is 291 g/mol. The van der Waals surface area contributed by atoms with Gasteiger partial charge in [0.2, 0.25) is 0 Å². The molecular formula is C16H14Cl2N2. The second-order valence-corrected chi connectivity index (χ2v) is 5.66. The number of para-hydroxylation sites is 2. The average molecular weight is 305 g/mol. The van der Waals surface area contributed by atoms with Gasteiger partial charge in [-0.15, -0.1) is 0 Å². The van der Waals surface area contributed by atoms with Gasteiger partial charge in [0.05, 0.1) is 11.0 Å². The minimum atomic E-state index is 0.717. The molecule has 0 amide bonds. The summed E-state index contributed by atoms with van der Waals surface area (Å²) in [7, 11) is 2.05. The lowest BCUT2D eigenvalue weighted by Crippen LogP contribution is -2.00. The van der Waals surface area contributed by atoms with Gasteiger partial charge in [-0.2, -0.15) is 0 Å². The van der Waals surface area contributed by atoms with Crippen LogP contribution in [0.2, 0.25) is 10.0 Å². The monoisotopic (exact) mass is 304 g/mol. The molecule has 0 aliphatic rings. The average Bonchev–Trinajstić information content (AvgIpc) is 2.77. The number of aromatic nitrogens is 2. The molecule has 1 heterocycles. The highest BCUT2D eigenvalue weighted by Crippen LogP contribution is 2.23. The molecule has 0 spiro atoms. The Bertz CT molecular complexity index is 762. The number of halogens is 2. The zero-order valence-electron chi connectivity index (χ0n) is 11.1. The molecule has 0 saturated heterocycles. The quantitative estimate of drug-likeness (QED) is 0.688.